The molecule has 1 fully saturated rings. The van der Waals surface area contributed by atoms with E-state index in [2.05, 4.69) is 0 Å². The maximum Gasteiger partial charge on any atom is 0.246 e. The molecule has 0 spiro atoms. The zero-order chi connectivity index (χ0) is 15.2. The summed E-state index contributed by atoms with van der Waals surface area (Å²) in [6.45, 7) is 5.66. The van der Waals surface area contributed by atoms with Crippen molar-refractivity contribution in [1.29, 1.82) is 0 Å². The molecule has 4 heteroatoms. The lowest BCUT2D eigenvalue weighted by molar-refractivity contribution is -0.130. The first-order valence-electron chi connectivity index (χ1n) is 7.48. The molecular weight excluding hydrogens is 266 g/mol. The van der Waals surface area contributed by atoms with Crippen molar-refractivity contribution >= 4 is 12.0 Å². The van der Waals surface area contributed by atoms with Gasteiger partial charge in [0.2, 0.25) is 5.91 Å². The van der Waals surface area contributed by atoms with Gasteiger partial charge >= 0.3 is 0 Å². The predicted octanol–water partition coefficient (Wildman–Crippen LogP) is 2.33. The van der Waals surface area contributed by atoms with E-state index < -0.39 is 6.10 Å². The summed E-state index contributed by atoms with van der Waals surface area (Å²) in [5.41, 5.74) is 0.888. The Labute approximate surface area is 126 Å². The van der Waals surface area contributed by atoms with Crippen LogP contribution in [-0.4, -0.2) is 41.7 Å². The van der Waals surface area contributed by atoms with Gasteiger partial charge in [-0.2, -0.15) is 0 Å². The molecule has 4 nitrogen and oxygen atoms in total. The van der Waals surface area contributed by atoms with Crippen molar-refractivity contribution < 1.29 is 14.6 Å². The van der Waals surface area contributed by atoms with Crippen LogP contribution in [0.25, 0.3) is 6.08 Å². The SMILES string of the molecule is CCOc1ccccc1/C=C/C(=O)N1CCC(C)C(O)C1. The number of rotatable bonds is 4. The van der Waals surface area contributed by atoms with Crippen LogP contribution in [-0.2, 0) is 4.79 Å². The summed E-state index contributed by atoms with van der Waals surface area (Å²) < 4.78 is 5.53. The normalized spacial score (nSPS) is 22.5. The standard InChI is InChI=1S/C17H23NO3/c1-3-21-16-7-5-4-6-14(16)8-9-17(20)18-11-10-13(2)15(19)12-18/h4-9,13,15,19H,3,10-12H2,1-2H3/b9-8+. The molecule has 0 radical (unpaired) electrons. The second-order valence-electron chi connectivity index (χ2n) is 5.42. The smallest absolute Gasteiger partial charge is 0.246 e. The zero-order valence-electron chi connectivity index (χ0n) is 12.7. The minimum Gasteiger partial charge on any atom is -0.493 e. The van der Waals surface area contributed by atoms with Crippen LogP contribution in [0.15, 0.2) is 30.3 Å². The maximum atomic E-state index is 12.2. The molecule has 1 aromatic rings. The highest BCUT2D eigenvalue weighted by atomic mass is 16.5. The molecule has 1 aromatic carbocycles. The molecule has 1 aliphatic rings. The van der Waals surface area contributed by atoms with Gasteiger partial charge in [0, 0.05) is 24.7 Å². The first-order valence-corrected chi connectivity index (χ1v) is 7.48. The molecule has 21 heavy (non-hydrogen) atoms. The minimum absolute atomic E-state index is 0.0627. The summed E-state index contributed by atoms with van der Waals surface area (Å²) >= 11 is 0. The van der Waals surface area contributed by atoms with Crippen molar-refractivity contribution in [3.63, 3.8) is 0 Å². The van der Waals surface area contributed by atoms with Crippen molar-refractivity contribution in [3.05, 3.63) is 35.9 Å². The van der Waals surface area contributed by atoms with Crippen LogP contribution in [0.4, 0.5) is 0 Å². The van der Waals surface area contributed by atoms with Gasteiger partial charge in [0.05, 0.1) is 12.7 Å². The number of carbonyl (C=O) groups excluding carboxylic acids is 1. The average Bonchev–Trinajstić information content (AvgIpc) is 2.49. The molecule has 1 amide bonds. The Morgan fingerprint density at radius 2 is 2.24 bits per heavy atom. The molecule has 2 atom stereocenters. The summed E-state index contributed by atoms with van der Waals surface area (Å²) in [6.07, 6.45) is 3.75. The molecule has 0 aromatic heterocycles. The van der Waals surface area contributed by atoms with E-state index in [9.17, 15) is 9.90 Å². The molecule has 2 rings (SSSR count). The van der Waals surface area contributed by atoms with Crippen LogP contribution in [0.1, 0.15) is 25.8 Å². The van der Waals surface area contributed by atoms with Crippen molar-refractivity contribution in [3.8, 4) is 5.75 Å². The Hall–Kier alpha value is -1.81. The quantitative estimate of drug-likeness (QED) is 0.866. The Morgan fingerprint density at radius 1 is 1.48 bits per heavy atom. The molecule has 1 saturated heterocycles. The predicted molar refractivity (Wildman–Crippen MR) is 83.0 cm³/mol. The van der Waals surface area contributed by atoms with Crippen molar-refractivity contribution in [1.82, 2.24) is 4.90 Å². The highest BCUT2D eigenvalue weighted by Crippen LogP contribution is 2.20. The molecule has 1 heterocycles. The van der Waals surface area contributed by atoms with E-state index in [1.807, 2.05) is 38.1 Å². The Kier molecular flexibility index (Phi) is 5.39. The van der Waals surface area contributed by atoms with Crippen molar-refractivity contribution in [2.75, 3.05) is 19.7 Å². The minimum atomic E-state index is -0.424. The number of nitrogens with zero attached hydrogens (tertiary/aromatic N) is 1. The number of likely N-dealkylation sites (tertiary alicyclic amines) is 1. The van der Waals surface area contributed by atoms with Gasteiger partial charge < -0.3 is 14.7 Å². The van der Waals surface area contributed by atoms with E-state index >= 15 is 0 Å². The summed E-state index contributed by atoms with van der Waals surface area (Å²) in [5, 5.41) is 9.86. The second kappa shape index (κ2) is 7.27. The van der Waals surface area contributed by atoms with Gasteiger partial charge in [-0.3, -0.25) is 4.79 Å². The number of para-hydroxylation sites is 1. The fourth-order valence-electron chi connectivity index (χ4n) is 2.42. The summed E-state index contributed by atoms with van der Waals surface area (Å²) in [7, 11) is 0. The molecule has 114 valence electrons. The van der Waals surface area contributed by atoms with E-state index in [-0.39, 0.29) is 11.8 Å². The molecular formula is C17H23NO3. The summed E-state index contributed by atoms with van der Waals surface area (Å²) in [4.78, 5) is 13.9. The highest BCUT2D eigenvalue weighted by Gasteiger charge is 2.26. The first kappa shape index (κ1) is 15.6. The second-order valence-corrected chi connectivity index (χ2v) is 5.42. The fourth-order valence-corrected chi connectivity index (χ4v) is 2.42. The molecule has 1 aliphatic heterocycles. The zero-order valence-corrected chi connectivity index (χ0v) is 12.7. The number of aliphatic hydroxyl groups is 1. The Bertz CT molecular complexity index is 513. The van der Waals surface area contributed by atoms with Crippen molar-refractivity contribution in [2.45, 2.75) is 26.4 Å². The number of piperidine rings is 1. The number of β-amino-alcohol motifs (C(OH)–C–C–N with tert-alkyl or cyclic N) is 1. The van der Waals surface area contributed by atoms with Gasteiger partial charge in [-0.25, -0.2) is 0 Å². The number of ether oxygens (including phenoxy) is 1. The molecule has 1 N–H and O–H groups in total. The van der Waals surface area contributed by atoms with Crippen LogP contribution in [0.5, 0.6) is 5.75 Å². The van der Waals surface area contributed by atoms with Crippen LogP contribution in [0.3, 0.4) is 0 Å². The van der Waals surface area contributed by atoms with E-state index in [0.29, 0.717) is 19.7 Å². The monoisotopic (exact) mass is 289 g/mol. The van der Waals surface area contributed by atoms with Gasteiger partial charge in [0.1, 0.15) is 5.75 Å². The van der Waals surface area contributed by atoms with Crippen LogP contribution < -0.4 is 4.74 Å². The molecule has 2 unspecified atom stereocenters. The lowest BCUT2D eigenvalue weighted by Crippen LogP contribution is -2.45. The number of hydrogen-bond acceptors (Lipinski definition) is 3. The third kappa shape index (κ3) is 4.08. The highest BCUT2D eigenvalue weighted by molar-refractivity contribution is 5.92. The van der Waals surface area contributed by atoms with E-state index in [0.717, 1.165) is 17.7 Å². The molecule has 0 aliphatic carbocycles. The third-order valence-electron chi connectivity index (χ3n) is 3.85. The van der Waals surface area contributed by atoms with Crippen LogP contribution in [0.2, 0.25) is 0 Å². The number of carbonyl (C=O) groups is 1. The van der Waals surface area contributed by atoms with Gasteiger partial charge in [0.25, 0.3) is 0 Å². The van der Waals surface area contributed by atoms with Crippen LogP contribution in [0, 0.1) is 5.92 Å². The summed E-state index contributed by atoms with van der Waals surface area (Å²) in [5.74, 6) is 0.973. The largest absolute Gasteiger partial charge is 0.493 e. The number of aliphatic hydroxyl groups excluding tert-OH is 1. The maximum absolute atomic E-state index is 12.2. The topological polar surface area (TPSA) is 49.8 Å². The number of amides is 1. The number of benzene rings is 1. The first-order chi connectivity index (χ1) is 10.1. The molecule has 0 bridgehead atoms. The molecule has 0 saturated carbocycles. The fraction of sp³-hybridized carbons (Fsp3) is 0.471. The van der Waals surface area contributed by atoms with Crippen molar-refractivity contribution in [2.24, 2.45) is 5.92 Å². The van der Waals surface area contributed by atoms with Crippen LogP contribution >= 0.6 is 0 Å². The lowest BCUT2D eigenvalue weighted by Gasteiger charge is -2.33. The lowest BCUT2D eigenvalue weighted by atomic mass is 9.96. The van der Waals surface area contributed by atoms with Gasteiger partial charge in [-0.05, 0) is 31.4 Å². The number of hydrogen-bond donors (Lipinski definition) is 1. The van der Waals surface area contributed by atoms with E-state index in [4.69, 9.17) is 4.74 Å². The Morgan fingerprint density at radius 3 is 2.95 bits per heavy atom. The Balaban J connectivity index is 2.02. The van der Waals surface area contributed by atoms with Gasteiger partial charge in [-0.15, -0.1) is 0 Å². The van der Waals surface area contributed by atoms with E-state index in [1.165, 1.54) is 0 Å². The van der Waals surface area contributed by atoms with Gasteiger partial charge in [-0.1, -0.05) is 25.1 Å². The summed E-state index contributed by atoms with van der Waals surface area (Å²) in [6, 6.07) is 7.63. The average molecular weight is 289 g/mol. The third-order valence-corrected chi connectivity index (χ3v) is 3.85. The van der Waals surface area contributed by atoms with Gasteiger partial charge in [0.15, 0.2) is 0 Å². The van der Waals surface area contributed by atoms with E-state index in [1.54, 1.807) is 17.1 Å².